The van der Waals surface area contributed by atoms with E-state index >= 15 is 0 Å². The van der Waals surface area contributed by atoms with Crippen molar-refractivity contribution < 1.29 is 29.0 Å². The fourth-order valence-electron chi connectivity index (χ4n) is 0.185. The van der Waals surface area contributed by atoms with Crippen LogP contribution in [0.5, 0.6) is 0 Å². The van der Waals surface area contributed by atoms with Gasteiger partial charge in [-0.25, -0.2) is 0 Å². The van der Waals surface area contributed by atoms with E-state index in [1.54, 1.807) is 13.0 Å². The number of esters is 1. The van der Waals surface area contributed by atoms with Crippen LogP contribution in [0.4, 0.5) is 0 Å². The van der Waals surface area contributed by atoms with Gasteiger partial charge in [-0.1, -0.05) is 5.73 Å². The second-order valence-electron chi connectivity index (χ2n) is 1.18. The normalized spacial score (nSPS) is 6.00. The predicted octanol–water partition coefficient (Wildman–Crippen LogP) is 1.24. The van der Waals surface area contributed by atoms with Crippen LogP contribution in [0.3, 0.4) is 0 Å². The Morgan fingerprint density at radius 3 is 2.56 bits per heavy atom. The smallest absolute Gasteiger partial charge is 0.308 e. The van der Waals surface area contributed by atoms with E-state index in [1.165, 1.54) is 13.2 Å². The molecule has 0 atom stereocenters. The van der Waals surface area contributed by atoms with Gasteiger partial charge in [0.15, 0.2) is 0 Å². The Morgan fingerprint density at radius 1 is 1.67 bits per heavy atom. The molecule has 46 valence electrons. The molecule has 0 aliphatic heterocycles. The molecule has 0 spiro atoms. The predicted molar refractivity (Wildman–Crippen MR) is 30.1 cm³/mol. The average Bonchev–Trinajstić information content (AvgIpc) is 1.66. The number of hydrogen-bond acceptors (Lipinski definition) is 2. The molecule has 0 fully saturated rings. The Morgan fingerprint density at radius 2 is 2.22 bits per heavy atom. The molecule has 0 N–H and O–H groups in total. The summed E-state index contributed by atoms with van der Waals surface area (Å²) >= 11 is 0. The molecule has 0 aromatic heterocycles. The number of carbonyl (C=O) groups excluding carboxylic acids is 1. The maximum atomic E-state index is 10.0. The zero-order valence-corrected chi connectivity index (χ0v) is 8.65. The summed E-state index contributed by atoms with van der Waals surface area (Å²) in [6.07, 6.45) is 2.88. The Balaban J connectivity index is 0. The Kier molecular flexibility index (Phi) is 9.66. The van der Waals surface area contributed by atoms with Crippen LogP contribution in [-0.4, -0.2) is 5.97 Å². The quantitative estimate of drug-likeness (QED) is 0.261. The number of ether oxygens (including phenoxy) is 1. The summed E-state index contributed by atoms with van der Waals surface area (Å²) in [6.45, 7) is 3.13. The van der Waals surface area contributed by atoms with Gasteiger partial charge >= 0.3 is 5.97 Å². The number of rotatable bonds is 1. The number of allylic oxidation sites excluding steroid dienone is 1. The molecular formula is C6H8O2Zn. The van der Waals surface area contributed by atoms with E-state index in [0.29, 0.717) is 0 Å². The molecule has 0 rings (SSSR count). The van der Waals surface area contributed by atoms with Crippen LogP contribution >= 0.6 is 0 Å². The standard InChI is InChI=1S/C6H8O2.Zn/c1-3-4-5-8-6(2)7;/h3,5H,1-2H3;. The zero-order valence-electron chi connectivity index (χ0n) is 5.68. The molecular weight excluding hydrogens is 169 g/mol. The van der Waals surface area contributed by atoms with Crippen LogP contribution in [0.2, 0.25) is 0 Å². The van der Waals surface area contributed by atoms with Crippen molar-refractivity contribution in [2.24, 2.45) is 0 Å². The summed E-state index contributed by atoms with van der Waals surface area (Å²) in [4.78, 5) is 10.0. The van der Waals surface area contributed by atoms with Crippen LogP contribution in [0.25, 0.3) is 0 Å². The number of hydrogen-bond donors (Lipinski definition) is 0. The van der Waals surface area contributed by atoms with Gasteiger partial charge in [0, 0.05) is 26.4 Å². The molecule has 0 amide bonds. The van der Waals surface area contributed by atoms with Gasteiger partial charge in [0.05, 0.1) is 0 Å². The average molecular weight is 178 g/mol. The van der Waals surface area contributed by atoms with Gasteiger partial charge in [-0.05, 0) is 13.0 Å². The van der Waals surface area contributed by atoms with Gasteiger partial charge in [0.2, 0.25) is 0 Å². The Hall–Kier alpha value is -0.387. The van der Waals surface area contributed by atoms with Crippen molar-refractivity contribution in [3.05, 3.63) is 18.1 Å². The van der Waals surface area contributed by atoms with Crippen molar-refractivity contribution >= 4 is 5.97 Å². The molecule has 2 nitrogen and oxygen atoms in total. The molecule has 0 saturated heterocycles. The van der Waals surface area contributed by atoms with Crippen LogP contribution in [0.1, 0.15) is 13.8 Å². The topological polar surface area (TPSA) is 26.3 Å². The molecule has 0 unspecified atom stereocenters. The van der Waals surface area contributed by atoms with Crippen molar-refractivity contribution in [1.82, 2.24) is 0 Å². The molecule has 0 heterocycles. The van der Waals surface area contributed by atoms with Crippen molar-refractivity contribution in [2.45, 2.75) is 13.8 Å². The van der Waals surface area contributed by atoms with E-state index in [9.17, 15) is 4.79 Å². The minimum Gasteiger partial charge on any atom is -0.426 e. The van der Waals surface area contributed by atoms with Gasteiger partial charge in [-0.3, -0.25) is 4.79 Å². The van der Waals surface area contributed by atoms with Gasteiger partial charge in [-0.2, -0.15) is 0 Å². The SMILES string of the molecule is CC=C=COC(C)=O.[Zn]. The van der Waals surface area contributed by atoms with E-state index in [2.05, 4.69) is 10.5 Å². The molecule has 0 bridgehead atoms. The third-order valence-electron chi connectivity index (χ3n) is 0.460. The first kappa shape index (κ1) is 11.4. The third kappa shape index (κ3) is 11.3. The summed E-state index contributed by atoms with van der Waals surface area (Å²) in [5.41, 5.74) is 2.59. The monoisotopic (exact) mass is 176 g/mol. The molecule has 0 aromatic rings. The fraction of sp³-hybridized carbons (Fsp3) is 0.333. The van der Waals surface area contributed by atoms with Gasteiger partial charge in [0.1, 0.15) is 6.26 Å². The number of carbonyl (C=O) groups is 1. The van der Waals surface area contributed by atoms with Crippen molar-refractivity contribution in [1.29, 1.82) is 0 Å². The van der Waals surface area contributed by atoms with Gasteiger partial charge in [-0.15, -0.1) is 0 Å². The summed E-state index contributed by atoms with van der Waals surface area (Å²) in [6, 6.07) is 0. The first-order valence-electron chi connectivity index (χ1n) is 2.30. The molecule has 9 heavy (non-hydrogen) atoms. The fourth-order valence-corrected chi connectivity index (χ4v) is 0.185. The van der Waals surface area contributed by atoms with Crippen LogP contribution in [-0.2, 0) is 29.0 Å². The zero-order chi connectivity index (χ0) is 6.41. The van der Waals surface area contributed by atoms with E-state index < -0.39 is 0 Å². The van der Waals surface area contributed by atoms with E-state index in [0.717, 1.165) is 0 Å². The first-order valence-corrected chi connectivity index (χ1v) is 2.30. The summed E-state index contributed by atoms with van der Waals surface area (Å²) in [5, 5.41) is 0. The second-order valence-corrected chi connectivity index (χ2v) is 1.18. The van der Waals surface area contributed by atoms with Crippen LogP contribution in [0.15, 0.2) is 18.1 Å². The summed E-state index contributed by atoms with van der Waals surface area (Å²) < 4.78 is 4.38. The summed E-state index contributed by atoms with van der Waals surface area (Å²) in [5.74, 6) is -0.320. The largest absolute Gasteiger partial charge is 0.426 e. The van der Waals surface area contributed by atoms with Gasteiger partial charge in [0.25, 0.3) is 0 Å². The van der Waals surface area contributed by atoms with E-state index in [1.807, 2.05) is 0 Å². The first-order chi connectivity index (χ1) is 3.77. The van der Waals surface area contributed by atoms with Crippen molar-refractivity contribution in [2.75, 3.05) is 0 Å². The molecule has 3 heteroatoms. The second kappa shape index (κ2) is 7.61. The minimum atomic E-state index is -0.320. The summed E-state index contributed by atoms with van der Waals surface area (Å²) in [7, 11) is 0. The van der Waals surface area contributed by atoms with Crippen molar-refractivity contribution in [3.8, 4) is 0 Å². The molecule has 0 aliphatic rings. The maximum absolute atomic E-state index is 10.0. The Bertz CT molecular complexity index is 134. The van der Waals surface area contributed by atoms with Crippen molar-refractivity contribution in [3.63, 3.8) is 0 Å². The van der Waals surface area contributed by atoms with Crippen LogP contribution in [0, 0.1) is 0 Å². The van der Waals surface area contributed by atoms with Gasteiger partial charge < -0.3 is 4.74 Å². The third-order valence-corrected chi connectivity index (χ3v) is 0.460. The molecule has 0 radical (unpaired) electrons. The minimum absolute atomic E-state index is 0. The maximum Gasteiger partial charge on any atom is 0.308 e. The van der Waals surface area contributed by atoms with E-state index in [4.69, 9.17) is 0 Å². The molecule has 0 saturated carbocycles. The molecule has 0 aromatic carbocycles. The van der Waals surface area contributed by atoms with Crippen LogP contribution < -0.4 is 0 Å². The Labute approximate surface area is 67.3 Å². The molecule has 0 aliphatic carbocycles. The van der Waals surface area contributed by atoms with E-state index in [-0.39, 0.29) is 25.4 Å².